The van der Waals surface area contributed by atoms with Crippen LogP contribution in [0.3, 0.4) is 0 Å². The number of hydrogen-bond donors (Lipinski definition) is 5. The summed E-state index contributed by atoms with van der Waals surface area (Å²) in [4.78, 5) is 24.5. The summed E-state index contributed by atoms with van der Waals surface area (Å²) in [5.74, 6) is -0.169. The van der Waals surface area contributed by atoms with Gasteiger partial charge in [-0.3, -0.25) is 9.59 Å². The Hall–Kier alpha value is -2.36. The van der Waals surface area contributed by atoms with Gasteiger partial charge in [0.1, 0.15) is 0 Å². The summed E-state index contributed by atoms with van der Waals surface area (Å²) in [5, 5.41) is 24.0. The fourth-order valence-electron chi connectivity index (χ4n) is 4.23. The second-order valence-corrected chi connectivity index (χ2v) is 11.7. The number of carbonyl (C=O) groups is 2. The van der Waals surface area contributed by atoms with Gasteiger partial charge in [0.2, 0.25) is 11.8 Å². The first-order valence-corrected chi connectivity index (χ1v) is 13.6. The van der Waals surface area contributed by atoms with Crippen molar-refractivity contribution in [3.05, 3.63) is 23.8 Å². The van der Waals surface area contributed by atoms with Crippen LogP contribution in [0.1, 0.15) is 66.4 Å². The van der Waals surface area contributed by atoms with Crippen LogP contribution >= 0.6 is 0 Å². The van der Waals surface area contributed by atoms with Crippen molar-refractivity contribution in [2.75, 3.05) is 26.9 Å². The number of hydrogen-bond acceptors (Lipinski definition) is 7. The van der Waals surface area contributed by atoms with Crippen molar-refractivity contribution in [1.82, 2.24) is 5.32 Å². The van der Waals surface area contributed by atoms with E-state index in [2.05, 4.69) is 19.2 Å². The van der Waals surface area contributed by atoms with Gasteiger partial charge in [0.05, 0.1) is 18.1 Å². The van der Waals surface area contributed by atoms with E-state index >= 15 is 0 Å². The zero-order valence-corrected chi connectivity index (χ0v) is 24.3. The van der Waals surface area contributed by atoms with Gasteiger partial charge in [-0.1, -0.05) is 33.8 Å². The molecule has 0 heterocycles. The molecule has 9 heteroatoms. The van der Waals surface area contributed by atoms with Gasteiger partial charge in [0, 0.05) is 38.6 Å². The molecule has 0 radical (unpaired) electrons. The average molecular weight is 538 g/mol. The minimum absolute atomic E-state index is 0.0197. The van der Waals surface area contributed by atoms with Crippen molar-refractivity contribution in [3.63, 3.8) is 0 Å². The number of aliphatic hydroxyl groups is 1. The molecule has 1 aromatic rings. The van der Waals surface area contributed by atoms with Crippen LogP contribution in [0, 0.1) is 29.1 Å². The molecule has 0 spiro atoms. The average Bonchev–Trinajstić information content (AvgIpc) is 2.84. The van der Waals surface area contributed by atoms with Crippen molar-refractivity contribution >= 4 is 11.8 Å². The third-order valence-electron chi connectivity index (χ3n) is 7.29. The Bertz CT molecular complexity index is 874. The van der Waals surface area contributed by atoms with Gasteiger partial charge in [-0.05, 0) is 68.6 Å². The number of ether oxygens (including phenoxy) is 2. The first kappa shape index (κ1) is 33.7. The molecule has 0 saturated heterocycles. The minimum atomic E-state index is -0.863. The Kier molecular flexibility index (Phi) is 14.1. The maximum Gasteiger partial charge on any atom is 0.224 e. The number of rotatable bonds is 18. The number of amides is 2. The molecular formula is C29H51N3O6. The second-order valence-electron chi connectivity index (χ2n) is 11.7. The third-order valence-corrected chi connectivity index (χ3v) is 7.29. The molecule has 2 amide bonds. The fraction of sp³-hybridized carbons (Fsp3) is 0.724. The lowest BCUT2D eigenvalue weighted by Gasteiger charge is -2.30. The van der Waals surface area contributed by atoms with E-state index < -0.39 is 29.4 Å². The summed E-state index contributed by atoms with van der Waals surface area (Å²) in [6, 6.07) is 4.85. The molecule has 0 aliphatic heterocycles. The Morgan fingerprint density at radius 2 is 1.74 bits per heavy atom. The van der Waals surface area contributed by atoms with Gasteiger partial charge in [-0.25, -0.2) is 0 Å². The maximum atomic E-state index is 12.9. The molecule has 0 fully saturated rings. The van der Waals surface area contributed by atoms with Crippen LogP contribution in [0.25, 0.3) is 0 Å². The van der Waals surface area contributed by atoms with Crippen molar-refractivity contribution < 1.29 is 29.3 Å². The maximum absolute atomic E-state index is 12.9. The molecule has 1 aromatic carbocycles. The number of phenolic OH excluding ortho intramolecular Hbond substituents is 1. The summed E-state index contributed by atoms with van der Waals surface area (Å²) >= 11 is 0. The number of nitrogens with two attached hydrogens (primary N) is 2. The molecule has 0 saturated carbocycles. The lowest BCUT2D eigenvalue weighted by atomic mass is 9.80. The van der Waals surface area contributed by atoms with Crippen LogP contribution in [-0.4, -0.2) is 61.0 Å². The molecule has 0 aliphatic carbocycles. The molecule has 7 N–H and O–H groups in total. The van der Waals surface area contributed by atoms with E-state index in [9.17, 15) is 19.8 Å². The zero-order valence-electron chi connectivity index (χ0n) is 24.3. The van der Waals surface area contributed by atoms with Gasteiger partial charge in [0.15, 0.2) is 11.5 Å². The van der Waals surface area contributed by atoms with E-state index in [4.69, 9.17) is 20.9 Å². The Labute approximate surface area is 228 Å². The lowest BCUT2D eigenvalue weighted by Crippen LogP contribution is -2.46. The summed E-state index contributed by atoms with van der Waals surface area (Å²) < 4.78 is 10.8. The quantitative estimate of drug-likeness (QED) is 0.180. The van der Waals surface area contributed by atoms with E-state index in [-0.39, 0.29) is 36.5 Å². The summed E-state index contributed by atoms with van der Waals surface area (Å²) in [7, 11) is 1.64. The van der Waals surface area contributed by atoms with E-state index in [0.29, 0.717) is 37.7 Å². The smallest absolute Gasteiger partial charge is 0.224 e. The molecular weight excluding hydrogens is 486 g/mol. The van der Waals surface area contributed by atoms with Crippen molar-refractivity contribution in [2.24, 2.45) is 40.6 Å². The molecule has 0 aliphatic rings. The number of carbonyl (C=O) groups excluding carboxylic acids is 2. The van der Waals surface area contributed by atoms with Crippen molar-refractivity contribution in [1.29, 1.82) is 0 Å². The van der Waals surface area contributed by atoms with Crippen LogP contribution in [-0.2, 0) is 20.7 Å². The molecule has 0 aromatic heterocycles. The van der Waals surface area contributed by atoms with E-state index in [1.807, 2.05) is 26.0 Å². The van der Waals surface area contributed by atoms with Crippen LogP contribution < -0.4 is 21.5 Å². The van der Waals surface area contributed by atoms with E-state index in [1.54, 1.807) is 27.0 Å². The highest BCUT2D eigenvalue weighted by molar-refractivity contribution is 5.83. The number of aromatic hydroxyl groups is 1. The third kappa shape index (κ3) is 11.2. The highest BCUT2D eigenvalue weighted by atomic mass is 16.5. The SMILES string of the molecule is COCCCOc1cc(C[C@@H](C[C@H](N)[C@@H](O)CC(C(=O)NCC(C)(C)C(N)=O)C(C)C)C(C)C)ccc1O. The van der Waals surface area contributed by atoms with E-state index in [1.165, 1.54) is 0 Å². The summed E-state index contributed by atoms with van der Waals surface area (Å²) in [6.45, 7) is 12.6. The standard InChI is InChI=1S/C29H51N3O6/c1-18(2)21(13-20-9-10-24(33)26(14-20)38-12-8-11-37-7)15-23(30)25(34)16-22(19(3)4)27(35)32-17-29(5,6)28(31)36/h9-10,14,18-19,21-23,25,33-34H,8,11-13,15-17,30H2,1-7H3,(H2,31,36)(H,32,35)/t21-,22?,23-,25-/m0/s1. The predicted octanol–water partition coefficient (Wildman–Crippen LogP) is 2.99. The zero-order chi connectivity index (χ0) is 29.0. The highest BCUT2D eigenvalue weighted by Crippen LogP contribution is 2.31. The van der Waals surface area contributed by atoms with Crippen LogP contribution in [0.2, 0.25) is 0 Å². The normalized spacial score (nSPS) is 15.2. The summed E-state index contributed by atoms with van der Waals surface area (Å²) in [5.41, 5.74) is 12.0. The number of primary amides is 1. The Morgan fingerprint density at radius 3 is 2.29 bits per heavy atom. The summed E-state index contributed by atoms with van der Waals surface area (Å²) in [6.07, 6.45) is 1.37. The number of benzene rings is 1. The Morgan fingerprint density at radius 1 is 1.08 bits per heavy atom. The largest absolute Gasteiger partial charge is 0.504 e. The monoisotopic (exact) mass is 537 g/mol. The van der Waals surface area contributed by atoms with Crippen molar-refractivity contribution in [3.8, 4) is 11.5 Å². The highest BCUT2D eigenvalue weighted by Gasteiger charge is 2.32. The fourth-order valence-corrected chi connectivity index (χ4v) is 4.23. The number of aliphatic hydroxyl groups excluding tert-OH is 1. The number of methoxy groups -OCH3 is 1. The molecule has 1 rings (SSSR count). The molecule has 38 heavy (non-hydrogen) atoms. The topological polar surface area (TPSA) is 157 Å². The predicted molar refractivity (Wildman–Crippen MR) is 150 cm³/mol. The molecule has 218 valence electrons. The molecule has 9 nitrogen and oxygen atoms in total. The van der Waals surface area contributed by atoms with Gasteiger partial charge in [-0.15, -0.1) is 0 Å². The molecule has 0 bridgehead atoms. The molecule has 4 atom stereocenters. The van der Waals surface area contributed by atoms with Crippen LogP contribution in [0.15, 0.2) is 18.2 Å². The van der Waals surface area contributed by atoms with Gasteiger partial charge < -0.3 is 36.5 Å². The Balaban J connectivity index is 2.82. The first-order valence-electron chi connectivity index (χ1n) is 13.6. The van der Waals surface area contributed by atoms with Crippen LogP contribution in [0.5, 0.6) is 11.5 Å². The number of phenols is 1. The first-order chi connectivity index (χ1) is 17.7. The van der Waals surface area contributed by atoms with Crippen molar-refractivity contribution in [2.45, 2.75) is 79.4 Å². The van der Waals surface area contributed by atoms with Crippen LogP contribution in [0.4, 0.5) is 0 Å². The minimum Gasteiger partial charge on any atom is -0.504 e. The molecule has 1 unspecified atom stereocenters. The second kappa shape index (κ2) is 15.9. The van der Waals surface area contributed by atoms with Gasteiger partial charge >= 0.3 is 0 Å². The number of nitrogens with one attached hydrogen (secondary N) is 1. The van der Waals surface area contributed by atoms with Gasteiger partial charge in [0.25, 0.3) is 0 Å². The lowest BCUT2D eigenvalue weighted by molar-refractivity contribution is -0.130. The van der Waals surface area contributed by atoms with E-state index in [0.717, 1.165) is 12.0 Å². The van der Waals surface area contributed by atoms with Gasteiger partial charge in [-0.2, -0.15) is 0 Å².